The largest absolute Gasteiger partial charge is 0.481 e. The molecule has 2 aromatic heterocycles. The molecule has 3 aromatic rings. The van der Waals surface area contributed by atoms with Crippen molar-refractivity contribution in [2.75, 3.05) is 0 Å². The number of aryl methyl sites for hydroxylation is 1. The Kier molecular flexibility index (Phi) is 8.93. The minimum Gasteiger partial charge on any atom is -0.481 e. The van der Waals surface area contributed by atoms with E-state index in [1.165, 1.54) is 41.1 Å². The maximum absolute atomic E-state index is 13.6. The van der Waals surface area contributed by atoms with E-state index in [1.54, 1.807) is 30.5 Å². The third-order valence-corrected chi connectivity index (χ3v) is 6.93. The number of benzene rings is 1. The van der Waals surface area contributed by atoms with Crippen LogP contribution in [0.25, 0.3) is 16.9 Å². The molecule has 0 saturated heterocycles. The topological polar surface area (TPSA) is 131 Å². The normalized spacial score (nSPS) is 17.7. The summed E-state index contributed by atoms with van der Waals surface area (Å²) < 4.78 is 20.5. The van der Waals surface area contributed by atoms with Gasteiger partial charge in [-0.05, 0) is 43.2 Å². The smallest absolute Gasteiger partial charge is 0.303 e. The van der Waals surface area contributed by atoms with Gasteiger partial charge in [-0.15, -0.1) is 0 Å². The minimum absolute atomic E-state index is 0.00150. The van der Waals surface area contributed by atoms with Gasteiger partial charge in [0, 0.05) is 54.4 Å². The Morgan fingerprint density at radius 1 is 1.07 bits per heavy atom. The standard InChI is InChI=1S/C32H29FN4O5/c33-24-12-14-25(15-13-24)37-29(9-3-4-11-31(39)40)34-17-16-21(7-5-10-30(37)38)27-19-28(42-36-27)32(41)23-18-22-6-1-2-8-26(22)35-20-23/h1-2,5-8,10,12-20,22,26,32,41H,3-4,9,11H2,(H,39,40). The Morgan fingerprint density at radius 2 is 1.88 bits per heavy atom. The molecular weight excluding hydrogens is 539 g/mol. The third kappa shape index (κ3) is 6.84. The van der Waals surface area contributed by atoms with Gasteiger partial charge in [0.25, 0.3) is 5.56 Å². The fraction of sp³-hybridized carbons (Fsp3) is 0.219. The molecule has 0 amide bonds. The van der Waals surface area contributed by atoms with E-state index in [0.717, 1.165) is 0 Å². The number of carboxylic acid groups (broad SMARTS) is 1. The predicted molar refractivity (Wildman–Crippen MR) is 155 cm³/mol. The van der Waals surface area contributed by atoms with Crippen molar-refractivity contribution in [3.63, 3.8) is 0 Å². The lowest BCUT2D eigenvalue weighted by Crippen LogP contribution is -2.20. The van der Waals surface area contributed by atoms with Crippen LogP contribution in [0.4, 0.5) is 4.39 Å². The van der Waals surface area contributed by atoms with Crippen LogP contribution in [0, 0.1) is 11.7 Å². The molecule has 3 atom stereocenters. The van der Waals surface area contributed by atoms with Crippen LogP contribution in [0.15, 0.2) is 111 Å². The van der Waals surface area contributed by atoms with E-state index in [0.29, 0.717) is 47.6 Å². The minimum atomic E-state index is -1.06. The number of aliphatic hydroxyl groups is 1. The lowest BCUT2D eigenvalue weighted by Gasteiger charge is -2.23. The number of aliphatic imine (C=N–C) groups is 1. The number of aliphatic carboxylic acids is 1. The first kappa shape index (κ1) is 28.6. The van der Waals surface area contributed by atoms with Crippen molar-refractivity contribution < 1.29 is 23.9 Å². The fourth-order valence-electron chi connectivity index (χ4n) is 4.76. The Labute approximate surface area is 241 Å². The predicted octanol–water partition coefficient (Wildman–Crippen LogP) is 5.10. The maximum atomic E-state index is 13.6. The lowest BCUT2D eigenvalue weighted by atomic mass is 9.89. The molecule has 5 rings (SSSR count). The highest BCUT2D eigenvalue weighted by Gasteiger charge is 2.25. The summed E-state index contributed by atoms with van der Waals surface area (Å²) in [5.74, 6) is -0.656. The number of aromatic nitrogens is 3. The molecule has 9 nitrogen and oxygen atoms in total. The van der Waals surface area contributed by atoms with Crippen molar-refractivity contribution in [2.24, 2.45) is 10.9 Å². The number of dihydropyridines is 1. The van der Waals surface area contributed by atoms with E-state index in [1.807, 2.05) is 30.4 Å². The number of allylic oxidation sites excluding steroid dienone is 2. The zero-order chi connectivity index (χ0) is 29.5. The van der Waals surface area contributed by atoms with Crippen LogP contribution in [0.3, 0.4) is 0 Å². The van der Waals surface area contributed by atoms with Crippen molar-refractivity contribution in [3.05, 3.63) is 125 Å². The van der Waals surface area contributed by atoms with Gasteiger partial charge in [0.15, 0.2) is 5.76 Å². The number of unbranched alkanes of at least 4 members (excludes halogenated alkanes) is 1. The molecule has 1 aromatic carbocycles. The monoisotopic (exact) mass is 568 g/mol. The SMILES string of the molecule is O=C(O)CCCCc1nccc(-c2cc(C(O)C3=CC4C=CC=CC4N=C3)on2)cccc(=O)n1-c1ccc(F)cc1. The molecule has 214 valence electrons. The number of carbonyl (C=O) groups is 1. The number of halogens is 1. The lowest BCUT2D eigenvalue weighted by molar-refractivity contribution is -0.137. The summed E-state index contributed by atoms with van der Waals surface area (Å²) in [6.07, 6.45) is 13.2. The number of nitrogens with zero attached hydrogens (tertiary/aromatic N) is 4. The molecule has 3 heterocycles. The van der Waals surface area contributed by atoms with Crippen LogP contribution in [-0.2, 0) is 11.2 Å². The summed E-state index contributed by atoms with van der Waals surface area (Å²) in [6, 6.07) is 13.4. The molecule has 0 saturated carbocycles. The van der Waals surface area contributed by atoms with Gasteiger partial charge in [0.2, 0.25) is 0 Å². The van der Waals surface area contributed by atoms with Crippen molar-refractivity contribution >= 4 is 12.2 Å². The first-order valence-corrected chi connectivity index (χ1v) is 13.6. The molecule has 42 heavy (non-hydrogen) atoms. The highest BCUT2D eigenvalue weighted by molar-refractivity contribution is 5.82. The Hall–Kier alpha value is -4.96. The molecular formula is C32H29FN4O5. The number of fused-ring (bicyclic) bond motifs is 1. The van der Waals surface area contributed by atoms with Gasteiger partial charge in [-0.2, -0.15) is 0 Å². The van der Waals surface area contributed by atoms with Crippen molar-refractivity contribution in [3.8, 4) is 16.9 Å². The highest BCUT2D eigenvalue weighted by atomic mass is 19.1. The van der Waals surface area contributed by atoms with E-state index in [2.05, 4.69) is 15.1 Å². The van der Waals surface area contributed by atoms with Gasteiger partial charge < -0.3 is 14.7 Å². The second-order valence-corrected chi connectivity index (χ2v) is 9.89. The third-order valence-electron chi connectivity index (χ3n) is 6.93. The summed E-state index contributed by atoms with van der Waals surface area (Å²) in [5, 5.41) is 24.1. The molecule has 0 spiro atoms. The number of aliphatic hydroxyl groups excluding tert-OH is 1. The maximum Gasteiger partial charge on any atom is 0.303 e. The summed E-state index contributed by atoms with van der Waals surface area (Å²) in [5.41, 5.74) is 1.64. The summed E-state index contributed by atoms with van der Waals surface area (Å²) in [6.45, 7) is 0. The van der Waals surface area contributed by atoms with Crippen LogP contribution >= 0.6 is 0 Å². The van der Waals surface area contributed by atoms with Gasteiger partial charge in [0.05, 0.1) is 11.7 Å². The quantitative estimate of drug-likeness (QED) is 0.343. The van der Waals surface area contributed by atoms with Crippen molar-refractivity contribution in [2.45, 2.75) is 37.8 Å². The molecule has 10 heteroatoms. The average molecular weight is 569 g/mol. The Balaban J connectivity index is 1.46. The fourth-order valence-corrected chi connectivity index (χ4v) is 4.76. The van der Waals surface area contributed by atoms with Gasteiger partial charge in [0.1, 0.15) is 23.4 Å². The summed E-state index contributed by atoms with van der Waals surface area (Å²) >= 11 is 0. The molecule has 2 aliphatic rings. The van der Waals surface area contributed by atoms with E-state index in [-0.39, 0.29) is 24.1 Å². The highest BCUT2D eigenvalue weighted by Crippen LogP contribution is 2.30. The van der Waals surface area contributed by atoms with Crippen LogP contribution in [0.5, 0.6) is 0 Å². The van der Waals surface area contributed by atoms with E-state index >= 15 is 0 Å². The number of carboxylic acids is 1. The number of hydrogen-bond acceptors (Lipinski definition) is 7. The molecule has 0 bridgehead atoms. The Morgan fingerprint density at radius 3 is 2.69 bits per heavy atom. The van der Waals surface area contributed by atoms with Crippen LogP contribution < -0.4 is 5.56 Å². The Bertz CT molecular complexity index is 1690. The molecule has 3 unspecified atom stereocenters. The average Bonchev–Trinajstić information content (AvgIpc) is 3.48. The zero-order valence-electron chi connectivity index (χ0n) is 22.6. The van der Waals surface area contributed by atoms with Gasteiger partial charge in [-0.1, -0.05) is 47.7 Å². The van der Waals surface area contributed by atoms with Crippen molar-refractivity contribution in [1.82, 2.24) is 14.7 Å². The van der Waals surface area contributed by atoms with Gasteiger partial charge in [-0.25, -0.2) is 9.37 Å². The molecule has 0 radical (unpaired) electrons. The van der Waals surface area contributed by atoms with Crippen LogP contribution in [0.2, 0.25) is 0 Å². The number of hydrogen-bond donors (Lipinski definition) is 2. The summed E-state index contributed by atoms with van der Waals surface area (Å²) in [4.78, 5) is 33.3. The summed E-state index contributed by atoms with van der Waals surface area (Å²) in [7, 11) is 0. The first-order valence-electron chi connectivity index (χ1n) is 13.6. The molecule has 0 fully saturated rings. The zero-order valence-corrected chi connectivity index (χ0v) is 22.6. The van der Waals surface area contributed by atoms with E-state index < -0.39 is 23.4 Å². The van der Waals surface area contributed by atoms with Gasteiger partial charge in [-0.3, -0.25) is 19.1 Å². The van der Waals surface area contributed by atoms with Crippen LogP contribution in [0.1, 0.15) is 37.0 Å². The molecule has 1 aliphatic carbocycles. The molecule has 1 aliphatic heterocycles. The van der Waals surface area contributed by atoms with E-state index in [4.69, 9.17) is 9.63 Å². The van der Waals surface area contributed by atoms with Gasteiger partial charge >= 0.3 is 5.97 Å². The second-order valence-electron chi connectivity index (χ2n) is 9.89. The number of rotatable bonds is 9. The first-order chi connectivity index (χ1) is 20.4. The van der Waals surface area contributed by atoms with Crippen LogP contribution in [-0.4, -0.2) is 43.1 Å². The van der Waals surface area contributed by atoms with Crippen molar-refractivity contribution in [1.29, 1.82) is 0 Å². The second kappa shape index (κ2) is 13.1. The molecule has 2 N–H and O–H groups in total. The van der Waals surface area contributed by atoms with E-state index in [9.17, 15) is 19.1 Å².